The number of aromatic nitrogens is 2. The van der Waals surface area contributed by atoms with Crippen LogP contribution in [0.25, 0.3) is 11.5 Å². The Morgan fingerprint density at radius 3 is 2.41 bits per heavy atom. The predicted molar refractivity (Wildman–Crippen MR) is 86.8 cm³/mol. The van der Waals surface area contributed by atoms with Crippen molar-refractivity contribution in [1.82, 2.24) is 15.1 Å². The highest BCUT2D eigenvalue weighted by Gasteiger charge is 2.31. The van der Waals surface area contributed by atoms with Crippen LogP contribution in [0, 0.1) is 5.82 Å². The molecule has 148 valence electrons. The Kier molecular flexibility index (Phi) is 6.37. The number of anilines is 1. The fourth-order valence-electron chi connectivity index (χ4n) is 2.33. The Balaban J connectivity index is 0.000000465. The molecule has 0 radical (unpaired) electrons. The summed E-state index contributed by atoms with van der Waals surface area (Å²) in [5, 5.41) is 17.2. The summed E-state index contributed by atoms with van der Waals surface area (Å²) in [6, 6.07) is 5.78. The number of nitrogens with one attached hydrogen (secondary N) is 1. The fraction of sp³-hybridized carbons (Fsp3) is 0.438. The molecule has 1 aromatic carbocycles. The zero-order valence-corrected chi connectivity index (χ0v) is 14.5. The standard InChI is InChI=1S/C15H17FN4O2.CHF3O/c1-9-7-8-20(9)14(21)10(2)17-15-19-18-13(22-15)11-3-5-12(16)6-4-11;2-1(3,4)5/h3-6,9-10H,7-8H2,1-2H3,(H,17,19);5H/t9?,10-;/m1./s1. The Bertz CT molecular complexity index is 758. The summed E-state index contributed by atoms with van der Waals surface area (Å²) >= 11 is 0. The third-order valence-corrected chi connectivity index (χ3v) is 3.83. The molecule has 0 saturated carbocycles. The number of aliphatic hydroxyl groups is 1. The molecule has 2 N–H and O–H groups in total. The summed E-state index contributed by atoms with van der Waals surface area (Å²) in [6.45, 7) is 4.57. The van der Waals surface area contributed by atoms with Crippen molar-refractivity contribution in [3.05, 3.63) is 30.1 Å². The summed E-state index contributed by atoms with van der Waals surface area (Å²) in [4.78, 5) is 14.0. The van der Waals surface area contributed by atoms with Gasteiger partial charge >= 0.3 is 12.4 Å². The van der Waals surface area contributed by atoms with Gasteiger partial charge in [-0.15, -0.1) is 18.3 Å². The lowest BCUT2D eigenvalue weighted by Gasteiger charge is -2.40. The van der Waals surface area contributed by atoms with Gasteiger partial charge in [0.15, 0.2) is 0 Å². The maximum atomic E-state index is 12.9. The second-order valence-electron chi connectivity index (χ2n) is 5.92. The zero-order valence-electron chi connectivity index (χ0n) is 14.5. The molecule has 1 aromatic heterocycles. The molecule has 1 amide bonds. The minimum absolute atomic E-state index is 0.0142. The SMILES string of the molecule is CC1CCN1C(=O)[C@@H](C)Nc1nnc(-c2ccc(F)cc2)o1.OC(F)(F)F. The molecule has 7 nitrogen and oxygen atoms in total. The summed E-state index contributed by atoms with van der Waals surface area (Å²) in [6.07, 6.45) is -3.96. The topological polar surface area (TPSA) is 91.5 Å². The van der Waals surface area contributed by atoms with E-state index in [9.17, 15) is 22.4 Å². The van der Waals surface area contributed by atoms with Crippen LogP contribution in [0.2, 0.25) is 0 Å². The van der Waals surface area contributed by atoms with Crippen LogP contribution in [0.5, 0.6) is 0 Å². The molecule has 3 rings (SSSR count). The first-order chi connectivity index (χ1) is 12.5. The smallest absolute Gasteiger partial charge is 0.403 e. The van der Waals surface area contributed by atoms with Crippen LogP contribution in [0.4, 0.5) is 23.6 Å². The molecule has 1 fully saturated rings. The van der Waals surface area contributed by atoms with E-state index in [1.807, 2.05) is 11.8 Å². The normalized spacial score (nSPS) is 17.4. The van der Waals surface area contributed by atoms with E-state index >= 15 is 0 Å². The van der Waals surface area contributed by atoms with Crippen molar-refractivity contribution >= 4 is 11.9 Å². The van der Waals surface area contributed by atoms with Crippen molar-refractivity contribution in [2.75, 3.05) is 11.9 Å². The van der Waals surface area contributed by atoms with Crippen molar-refractivity contribution < 1.29 is 31.9 Å². The fourth-order valence-corrected chi connectivity index (χ4v) is 2.33. The lowest BCUT2D eigenvalue weighted by atomic mass is 10.0. The van der Waals surface area contributed by atoms with Gasteiger partial charge in [-0.3, -0.25) is 4.79 Å². The highest BCUT2D eigenvalue weighted by atomic mass is 19.4. The van der Waals surface area contributed by atoms with Gasteiger partial charge in [-0.05, 0) is 44.5 Å². The Hall–Kier alpha value is -2.69. The van der Waals surface area contributed by atoms with Gasteiger partial charge in [-0.2, -0.15) is 0 Å². The maximum absolute atomic E-state index is 12.9. The number of nitrogens with zero attached hydrogens (tertiary/aromatic N) is 3. The molecule has 2 aromatic rings. The average Bonchev–Trinajstić information content (AvgIpc) is 3.01. The molecular formula is C16H18F4N4O3. The summed E-state index contributed by atoms with van der Waals surface area (Å²) in [5.74, 6) is -0.0377. The molecule has 11 heteroatoms. The monoisotopic (exact) mass is 390 g/mol. The minimum Gasteiger partial charge on any atom is -0.403 e. The van der Waals surface area contributed by atoms with E-state index in [0.29, 0.717) is 5.56 Å². The van der Waals surface area contributed by atoms with E-state index in [1.54, 1.807) is 19.1 Å². The summed E-state index contributed by atoms with van der Waals surface area (Å²) in [7, 11) is 0. The molecule has 27 heavy (non-hydrogen) atoms. The molecule has 2 atom stereocenters. The third-order valence-electron chi connectivity index (χ3n) is 3.83. The van der Waals surface area contributed by atoms with Crippen molar-refractivity contribution in [1.29, 1.82) is 0 Å². The molecule has 1 aliphatic heterocycles. The van der Waals surface area contributed by atoms with Gasteiger partial charge < -0.3 is 19.7 Å². The van der Waals surface area contributed by atoms with Gasteiger partial charge in [0, 0.05) is 18.2 Å². The van der Waals surface area contributed by atoms with E-state index in [-0.39, 0.29) is 29.7 Å². The summed E-state index contributed by atoms with van der Waals surface area (Å²) < 4.78 is 48.1. The van der Waals surface area contributed by atoms with Crippen LogP contribution >= 0.6 is 0 Å². The molecule has 0 aliphatic carbocycles. The molecule has 1 unspecified atom stereocenters. The van der Waals surface area contributed by atoms with Crippen LogP contribution in [0.3, 0.4) is 0 Å². The number of carbonyl (C=O) groups is 1. The largest absolute Gasteiger partial charge is 0.519 e. The Morgan fingerprint density at radius 2 is 1.93 bits per heavy atom. The molecule has 1 aliphatic rings. The lowest BCUT2D eigenvalue weighted by Crippen LogP contribution is -2.53. The van der Waals surface area contributed by atoms with Gasteiger partial charge in [-0.25, -0.2) is 4.39 Å². The number of rotatable bonds is 4. The number of hydrogen-bond donors (Lipinski definition) is 2. The molecule has 0 bridgehead atoms. The van der Waals surface area contributed by atoms with Crippen LogP contribution in [-0.4, -0.2) is 51.1 Å². The quantitative estimate of drug-likeness (QED) is 0.780. The number of benzene rings is 1. The van der Waals surface area contributed by atoms with Crippen LogP contribution in [-0.2, 0) is 4.79 Å². The van der Waals surface area contributed by atoms with E-state index in [0.717, 1.165) is 13.0 Å². The second kappa shape index (κ2) is 8.33. The van der Waals surface area contributed by atoms with E-state index in [2.05, 4.69) is 15.5 Å². The maximum Gasteiger partial charge on any atom is 0.519 e. The van der Waals surface area contributed by atoms with Crippen LogP contribution in [0.1, 0.15) is 20.3 Å². The van der Waals surface area contributed by atoms with Gasteiger partial charge in [0.05, 0.1) is 0 Å². The van der Waals surface area contributed by atoms with Gasteiger partial charge in [0.2, 0.25) is 11.8 Å². The highest BCUT2D eigenvalue weighted by molar-refractivity contribution is 5.84. The zero-order chi connectivity index (χ0) is 20.2. The number of carbonyl (C=O) groups excluding carboxylic acids is 1. The van der Waals surface area contributed by atoms with Crippen LogP contribution < -0.4 is 5.32 Å². The Morgan fingerprint density at radius 1 is 1.33 bits per heavy atom. The average molecular weight is 390 g/mol. The van der Waals surface area contributed by atoms with Gasteiger partial charge in [0.1, 0.15) is 11.9 Å². The number of likely N-dealkylation sites (tertiary alicyclic amines) is 1. The number of alkyl halides is 3. The lowest BCUT2D eigenvalue weighted by molar-refractivity contribution is -0.295. The predicted octanol–water partition coefficient (Wildman–Crippen LogP) is 2.80. The van der Waals surface area contributed by atoms with E-state index in [4.69, 9.17) is 9.52 Å². The van der Waals surface area contributed by atoms with Crippen molar-refractivity contribution in [3.8, 4) is 11.5 Å². The molecule has 1 saturated heterocycles. The van der Waals surface area contributed by atoms with Gasteiger partial charge in [0.25, 0.3) is 0 Å². The Labute approximate surface area is 152 Å². The number of halogens is 4. The van der Waals surface area contributed by atoms with E-state index < -0.39 is 12.4 Å². The third kappa shape index (κ3) is 6.20. The van der Waals surface area contributed by atoms with Crippen molar-refractivity contribution in [3.63, 3.8) is 0 Å². The van der Waals surface area contributed by atoms with E-state index in [1.165, 1.54) is 12.1 Å². The molecule has 0 spiro atoms. The summed E-state index contributed by atoms with van der Waals surface area (Å²) in [5.41, 5.74) is 0.622. The second-order valence-corrected chi connectivity index (χ2v) is 5.92. The number of hydrogen-bond acceptors (Lipinski definition) is 6. The number of amides is 1. The first-order valence-corrected chi connectivity index (χ1v) is 8.00. The first kappa shape index (κ1) is 20.6. The highest BCUT2D eigenvalue weighted by Crippen LogP contribution is 2.22. The van der Waals surface area contributed by atoms with Gasteiger partial charge in [-0.1, -0.05) is 5.10 Å². The molecular weight excluding hydrogens is 372 g/mol. The van der Waals surface area contributed by atoms with Crippen molar-refractivity contribution in [2.45, 2.75) is 38.7 Å². The van der Waals surface area contributed by atoms with Crippen LogP contribution in [0.15, 0.2) is 28.7 Å². The minimum atomic E-state index is -5.00. The first-order valence-electron chi connectivity index (χ1n) is 8.00. The molecule has 2 heterocycles. The van der Waals surface area contributed by atoms with Crippen molar-refractivity contribution in [2.24, 2.45) is 0 Å².